The predicted molar refractivity (Wildman–Crippen MR) is 95.3 cm³/mol. The van der Waals surface area contributed by atoms with Crippen LogP contribution in [0.1, 0.15) is 44.4 Å². The molecule has 4 rings (SSSR count). The van der Waals surface area contributed by atoms with Crippen molar-refractivity contribution in [2.45, 2.75) is 46.0 Å². The second kappa shape index (κ2) is 7.09. The fraction of sp³-hybridized carbons (Fsp3) is 0.684. The molecule has 1 saturated heterocycles. The highest BCUT2D eigenvalue weighted by Crippen LogP contribution is 2.51. The van der Waals surface area contributed by atoms with Gasteiger partial charge >= 0.3 is 5.97 Å². The Balaban J connectivity index is 0.000000815. The van der Waals surface area contributed by atoms with Crippen LogP contribution in [0, 0.1) is 11.3 Å². The van der Waals surface area contributed by atoms with Crippen molar-refractivity contribution in [1.29, 1.82) is 0 Å². The number of likely N-dealkylation sites (tertiary alicyclic amines) is 1. The molecule has 0 aromatic carbocycles. The van der Waals surface area contributed by atoms with Crippen LogP contribution in [0.25, 0.3) is 0 Å². The summed E-state index contributed by atoms with van der Waals surface area (Å²) >= 11 is 0. The predicted octanol–water partition coefficient (Wildman–Crippen LogP) is 2.81. The molecule has 0 amide bonds. The summed E-state index contributed by atoms with van der Waals surface area (Å²) < 4.78 is 0. The average Bonchev–Trinajstić information content (AvgIpc) is 2.53. The van der Waals surface area contributed by atoms with Crippen molar-refractivity contribution in [3.8, 4) is 0 Å². The van der Waals surface area contributed by atoms with Crippen LogP contribution in [-0.4, -0.2) is 47.1 Å². The Morgan fingerprint density at radius 1 is 1.38 bits per heavy atom. The first-order chi connectivity index (χ1) is 11.6. The molecule has 1 spiro atoms. The third kappa shape index (κ3) is 3.41. The number of aryl methyl sites for hydroxylation is 1. The van der Waals surface area contributed by atoms with Crippen LogP contribution >= 0.6 is 0 Å². The number of aromatic nitrogens is 1. The van der Waals surface area contributed by atoms with Gasteiger partial charge in [0.2, 0.25) is 0 Å². The van der Waals surface area contributed by atoms with Gasteiger partial charge in [-0.15, -0.1) is 0 Å². The molecule has 0 bridgehead atoms. The summed E-state index contributed by atoms with van der Waals surface area (Å²) in [6, 6.07) is 4.37. The van der Waals surface area contributed by atoms with Gasteiger partial charge in [-0.25, -0.2) is 4.98 Å². The van der Waals surface area contributed by atoms with Crippen LogP contribution in [0.2, 0.25) is 0 Å². The smallest absolute Gasteiger partial charge is 0.306 e. The molecule has 3 aliphatic rings. The lowest BCUT2D eigenvalue weighted by Crippen LogP contribution is -2.63. The number of nitrogens with zero attached hydrogens (tertiary/aromatic N) is 2. The molecule has 5 nitrogen and oxygen atoms in total. The Kier molecular flexibility index (Phi) is 5.09. The maximum absolute atomic E-state index is 10.9. The topological polar surface area (TPSA) is 65.5 Å². The lowest BCUT2D eigenvalue weighted by atomic mass is 9.58. The summed E-state index contributed by atoms with van der Waals surface area (Å²) in [6.45, 7) is 8.20. The molecule has 24 heavy (non-hydrogen) atoms. The van der Waals surface area contributed by atoms with Crippen LogP contribution < -0.4 is 5.32 Å². The number of carboxylic acids is 1. The zero-order valence-corrected chi connectivity index (χ0v) is 14.8. The molecule has 3 heterocycles. The van der Waals surface area contributed by atoms with Crippen molar-refractivity contribution in [1.82, 2.24) is 9.88 Å². The zero-order chi connectivity index (χ0) is 17.2. The Bertz CT molecular complexity index is 588. The van der Waals surface area contributed by atoms with Gasteiger partial charge in [-0.05, 0) is 42.7 Å². The molecule has 0 atom stereocenters. The van der Waals surface area contributed by atoms with Gasteiger partial charge in [-0.1, -0.05) is 19.9 Å². The highest BCUT2D eigenvalue weighted by atomic mass is 16.4. The molecule has 1 saturated carbocycles. The highest BCUT2D eigenvalue weighted by Gasteiger charge is 2.54. The van der Waals surface area contributed by atoms with Gasteiger partial charge in [-0.2, -0.15) is 0 Å². The minimum atomic E-state index is -0.616. The van der Waals surface area contributed by atoms with E-state index in [1.54, 1.807) is 0 Å². The normalized spacial score (nSPS) is 21.6. The van der Waals surface area contributed by atoms with E-state index in [0.717, 1.165) is 63.4 Å². The van der Waals surface area contributed by atoms with Crippen LogP contribution in [0.4, 0.5) is 5.82 Å². The van der Waals surface area contributed by atoms with Gasteiger partial charge < -0.3 is 15.3 Å². The fourth-order valence-corrected chi connectivity index (χ4v) is 4.26. The SMILES string of the molecule is CC.O=C(O)C1CC2(C1)CN(CCc1ccc3c(n1)NCCC3)C2. The second-order valence-electron chi connectivity index (χ2n) is 7.24. The maximum atomic E-state index is 10.9. The first kappa shape index (κ1) is 17.2. The molecule has 5 heteroatoms. The van der Waals surface area contributed by atoms with E-state index < -0.39 is 5.97 Å². The lowest BCUT2D eigenvalue weighted by Gasteiger charge is -2.58. The molecule has 0 unspecified atom stereocenters. The Morgan fingerprint density at radius 3 is 2.83 bits per heavy atom. The standard InChI is InChI=1S/C17H23N3O2.C2H6/c21-16(22)13-8-17(9-13)10-20(11-17)7-5-14-4-3-12-2-1-6-18-15(12)19-14;1-2/h3-4,13H,1-2,5-11H2,(H,18,19)(H,21,22);1-2H3. The first-order valence-electron chi connectivity index (χ1n) is 9.31. The molecule has 1 aliphatic carbocycles. The largest absolute Gasteiger partial charge is 0.481 e. The Labute approximate surface area is 144 Å². The van der Waals surface area contributed by atoms with Gasteiger partial charge in [0, 0.05) is 38.3 Å². The van der Waals surface area contributed by atoms with Gasteiger partial charge in [0.25, 0.3) is 0 Å². The molecule has 2 fully saturated rings. The number of pyridine rings is 1. The minimum absolute atomic E-state index is 0.0875. The van der Waals surface area contributed by atoms with Crippen LogP contribution in [0.3, 0.4) is 0 Å². The molecular formula is C19H29N3O2. The molecule has 0 radical (unpaired) electrons. The van der Waals surface area contributed by atoms with E-state index in [-0.39, 0.29) is 5.92 Å². The average molecular weight is 331 g/mol. The number of hydrogen-bond donors (Lipinski definition) is 2. The molecular weight excluding hydrogens is 302 g/mol. The molecule has 1 aromatic rings. The molecule has 132 valence electrons. The summed E-state index contributed by atoms with van der Waals surface area (Å²) in [7, 11) is 0. The van der Waals surface area contributed by atoms with E-state index in [9.17, 15) is 4.79 Å². The third-order valence-corrected chi connectivity index (χ3v) is 5.46. The van der Waals surface area contributed by atoms with Crippen LogP contribution in [0.5, 0.6) is 0 Å². The lowest BCUT2D eigenvalue weighted by molar-refractivity contribution is -0.160. The fourth-order valence-electron chi connectivity index (χ4n) is 4.26. The summed E-state index contributed by atoms with van der Waals surface area (Å²) in [6.07, 6.45) is 5.06. The van der Waals surface area contributed by atoms with E-state index in [0.29, 0.717) is 5.41 Å². The van der Waals surface area contributed by atoms with Gasteiger partial charge in [0.15, 0.2) is 0 Å². The Morgan fingerprint density at radius 2 is 2.12 bits per heavy atom. The van der Waals surface area contributed by atoms with Gasteiger partial charge in [0.1, 0.15) is 5.82 Å². The van der Waals surface area contributed by atoms with E-state index in [4.69, 9.17) is 10.1 Å². The molecule has 1 aromatic heterocycles. The quantitative estimate of drug-likeness (QED) is 0.888. The summed E-state index contributed by atoms with van der Waals surface area (Å²) in [5.74, 6) is 0.373. The molecule has 2 N–H and O–H groups in total. The number of anilines is 1. The second-order valence-corrected chi connectivity index (χ2v) is 7.24. The number of carbonyl (C=O) groups is 1. The third-order valence-electron chi connectivity index (χ3n) is 5.46. The zero-order valence-electron chi connectivity index (χ0n) is 14.8. The first-order valence-corrected chi connectivity index (χ1v) is 9.31. The van der Waals surface area contributed by atoms with E-state index in [2.05, 4.69) is 22.3 Å². The summed E-state index contributed by atoms with van der Waals surface area (Å²) in [4.78, 5) is 18.1. The van der Waals surface area contributed by atoms with Crippen molar-refractivity contribution in [3.05, 3.63) is 23.4 Å². The number of nitrogens with one attached hydrogen (secondary N) is 1. The summed E-state index contributed by atoms with van der Waals surface area (Å²) in [5.41, 5.74) is 2.83. The van der Waals surface area contributed by atoms with Crippen LogP contribution in [0.15, 0.2) is 12.1 Å². The number of carboxylic acid groups (broad SMARTS) is 1. The highest BCUT2D eigenvalue weighted by molar-refractivity contribution is 5.71. The number of aliphatic carboxylic acids is 1. The summed E-state index contributed by atoms with van der Waals surface area (Å²) in [5, 5.41) is 12.4. The van der Waals surface area contributed by atoms with Crippen molar-refractivity contribution < 1.29 is 9.90 Å². The maximum Gasteiger partial charge on any atom is 0.306 e. The van der Waals surface area contributed by atoms with Crippen LogP contribution in [-0.2, 0) is 17.6 Å². The number of hydrogen-bond acceptors (Lipinski definition) is 4. The van der Waals surface area contributed by atoms with E-state index >= 15 is 0 Å². The Hall–Kier alpha value is -1.62. The molecule has 2 aliphatic heterocycles. The van der Waals surface area contributed by atoms with Crippen molar-refractivity contribution >= 4 is 11.8 Å². The van der Waals surface area contributed by atoms with Crippen molar-refractivity contribution in [2.75, 3.05) is 31.5 Å². The van der Waals surface area contributed by atoms with Crippen molar-refractivity contribution in [2.24, 2.45) is 11.3 Å². The minimum Gasteiger partial charge on any atom is -0.481 e. The van der Waals surface area contributed by atoms with E-state index in [1.165, 1.54) is 12.0 Å². The van der Waals surface area contributed by atoms with E-state index in [1.807, 2.05) is 13.8 Å². The monoisotopic (exact) mass is 331 g/mol. The van der Waals surface area contributed by atoms with Crippen molar-refractivity contribution in [3.63, 3.8) is 0 Å². The number of rotatable bonds is 4. The van der Waals surface area contributed by atoms with Gasteiger partial charge in [-0.3, -0.25) is 4.79 Å². The van der Waals surface area contributed by atoms with Gasteiger partial charge in [0.05, 0.1) is 5.92 Å². The number of fused-ring (bicyclic) bond motifs is 1.